The Kier molecular flexibility index (Phi) is 5.17. The lowest BCUT2D eigenvalue weighted by Crippen LogP contribution is -2.45. The maximum Gasteiger partial charge on any atom is 0.123 e. The summed E-state index contributed by atoms with van der Waals surface area (Å²) in [4.78, 5) is 0. The standard InChI is InChI=1S/C15H26N2O/c1-11(2)12-6-7-14(18-5)13(8-12)9-17-15(3,4)10-16/h6-8,11,17H,9-10,16H2,1-5H3. The van der Waals surface area contributed by atoms with Crippen LogP contribution in [0.15, 0.2) is 18.2 Å². The van der Waals surface area contributed by atoms with Gasteiger partial charge in [0.25, 0.3) is 0 Å². The van der Waals surface area contributed by atoms with Crippen LogP contribution in [0.4, 0.5) is 0 Å². The summed E-state index contributed by atoms with van der Waals surface area (Å²) in [5.74, 6) is 1.46. The zero-order valence-electron chi connectivity index (χ0n) is 12.2. The number of methoxy groups -OCH3 is 1. The minimum atomic E-state index is -0.0567. The largest absolute Gasteiger partial charge is 0.496 e. The number of nitrogens with one attached hydrogen (secondary N) is 1. The van der Waals surface area contributed by atoms with Crippen LogP contribution in [0.3, 0.4) is 0 Å². The van der Waals surface area contributed by atoms with E-state index in [0.717, 1.165) is 12.3 Å². The van der Waals surface area contributed by atoms with E-state index in [1.54, 1.807) is 7.11 Å². The molecular weight excluding hydrogens is 224 g/mol. The Morgan fingerprint density at radius 2 is 2.00 bits per heavy atom. The van der Waals surface area contributed by atoms with E-state index in [9.17, 15) is 0 Å². The molecule has 1 aromatic rings. The quantitative estimate of drug-likeness (QED) is 0.816. The first kappa shape index (κ1) is 15.0. The minimum Gasteiger partial charge on any atom is -0.496 e. The highest BCUT2D eigenvalue weighted by atomic mass is 16.5. The van der Waals surface area contributed by atoms with Crippen molar-refractivity contribution in [3.8, 4) is 5.75 Å². The molecular formula is C15H26N2O. The number of ether oxygens (including phenoxy) is 1. The third kappa shape index (κ3) is 4.00. The van der Waals surface area contributed by atoms with Crippen molar-refractivity contribution in [2.75, 3.05) is 13.7 Å². The Morgan fingerprint density at radius 3 is 2.50 bits per heavy atom. The average Bonchev–Trinajstić information content (AvgIpc) is 2.36. The number of nitrogens with two attached hydrogens (primary N) is 1. The molecule has 3 nitrogen and oxygen atoms in total. The van der Waals surface area contributed by atoms with Crippen LogP contribution in [-0.4, -0.2) is 19.2 Å². The summed E-state index contributed by atoms with van der Waals surface area (Å²) in [6.45, 7) is 9.98. The van der Waals surface area contributed by atoms with Crippen molar-refractivity contribution in [1.82, 2.24) is 5.32 Å². The van der Waals surface area contributed by atoms with E-state index in [1.807, 2.05) is 6.07 Å². The Labute approximate surface area is 111 Å². The summed E-state index contributed by atoms with van der Waals surface area (Å²) in [7, 11) is 1.71. The molecule has 1 rings (SSSR count). The molecule has 3 N–H and O–H groups in total. The van der Waals surface area contributed by atoms with Crippen molar-refractivity contribution in [3.05, 3.63) is 29.3 Å². The van der Waals surface area contributed by atoms with Crippen LogP contribution in [0.1, 0.15) is 44.7 Å². The van der Waals surface area contributed by atoms with Crippen LogP contribution in [-0.2, 0) is 6.54 Å². The summed E-state index contributed by atoms with van der Waals surface area (Å²) < 4.78 is 5.41. The van der Waals surface area contributed by atoms with Crippen molar-refractivity contribution in [3.63, 3.8) is 0 Å². The van der Waals surface area contributed by atoms with Gasteiger partial charge in [0.2, 0.25) is 0 Å². The summed E-state index contributed by atoms with van der Waals surface area (Å²) in [5, 5.41) is 3.46. The monoisotopic (exact) mass is 250 g/mol. The topological polar surface area (TPSA) is 47.3 Å². The molecule has 0 saturated carbocycles. The smallest absolute Gasteiger partial charge is 0.123 e. The van der Waals surface area contributed by atoms with Crippen LogP contribution >= 0.6 is 0 Å². The molecule has 0 unspecified atom stereocenters. The molecule has 1 aromatic carbocycles. The Morgan fingerprint density at radius 1 is 1.33 bits per heavy atom. The molecule has 0 heterocycles. The lowest BCUT2D eigenvalue weighted by molar-refractivity contribution is 0.379. The molecule has 0 bridgehead atoms. The van der Waals surface area contributed by atoms with E-state index < -0.39 is 0 Å². The molecule has 0 atom stereocenters. The number of hydrogen-bond donors (Lipinski definition) is 2. The molecule has 0 aromatic heterocycles. The molecule has 0 saturated heterocycles. The first-order valence-electron chi connectivity index (χ1n) is 6.51. The van der Waals surface area contributed by atoms with Gasteiger partial charge < -0.3 is 15.8 Å². The molecule has 0 aliphatic rings. The Bertz CT molecular complexity index is 386. The molecule has 18 heavy (non-hydrogen) atoms. The van der Waals surface area contributed by atoms with Gasteiger partial charge in [0.1, 0.15) is 5.75 Å². The maximum absolute atomic E-state index is 5.73. The van der Waals surface area contributed by atoms with Gasteiger partial charge in [-0.3, -0.25) is 0 Å². The maximum atomic E-state index is 5.73. The number of benzene rings is 1. The van der Waals surface area contributed by atoms with E-state index >= 15 is 0 Å². The fourth-order valence-electron chi connectivity index (χ4n) is 1.70. The van der Waals surface area contributed by atoms with Gasteiger partial charge in [0, 0.05) is 24.2 Å². The van der Waals surface area contributed by atoms with Crippen LogP contribution in [0.5, 0.6) is 5.75 Å². The van der Waals surface area contributed by atoms with Gasteiger partial charge in [0.15, 0.2) is 0 Å². The van der Waals surface area contributed by atoms with E-state index in [4.69, 9.17) is 10.5 Å². The van der Waals surface area contributed by atoms with E-state index in [0.29, 0.717) is 12.5 Å². The molecule has 0 spiro atoms. The van der Waals surface area contributed by atoms with Crippen molar-refractivity contribution in [1.29, 1.82) is 0 Å². The normalized spacial score (nSPS) is 11.9. The summed E-state index contributed by atoms with van der Waals surface area (Å²) in [5.41, 5.74) is 8.19. The lowest BCUT2D eigenvalue weighted by Gasteiger charge is -2.25. The highest BCUT2D eigenvalue weighted by Gasteiger charge is 2.15. The van der Waals surface area contributed by atoms with Gasteiger partial charge in [-0.1, -0.05) is 26.0 Å². The Hall–Kier alpha value is -1.06. The second-order valence-electron chi connectivity index (χ2n) is 5.67. The molecule has 3 heteroatoms. The minimum absolute atomic E-state index is 0.0567. The third-order valence-electron chi connectivity index (χ3n) is 3.24. The lowest BCUT2D eigenvalue weighted by atomic mass is 9.99. The zero-order chi connectivity index (χ0) is 13.8. The van der Waals surface area contributed by atoms with Gasteiger partial charge in [0.05, 0.1) is 7.11 Å². The van der Waals surface area contributed by atoms with E-state index in [2.05, 4.69) is 45.1 Å². The molecule has 0 radical (unpaired) electrons. The summed E-state index contributed by atoms with van der Waals surface area (Å²) in [6, 6.07) is 6.38. The fraction of sp³-hybridized carbons (Fsp3) is 0.600. The SMILES string of the molecule is COc1ccc(C(C)C)cc1CNC(C)(C)CN. The first-order chi connectivity index (χ1) is 8.39. The summed E-state index contributed by atoms with van der Waals surface area (Å²) >= 11 is 0. The average molecular weight is 250 g/mol. The fourth-order valence-corrected chi connectivity index (χ4v) is 1.70. The molecule has 0 aliphatic heterocycles. The van der Waals surface area contributed by atoms with Gasteiger partial charge in [-0.25, -0.2) is 0 Å². The predicted octanol–water partition coefficient (Wildman–Crippen LogP) is 2.65. The Balaban J connectivity index is 2.88. The van der Waals surface area contributed by atoms with E-state index in [1.165, 1.54) is 11.1 Å². The first-order valence-corrected chi connectivity index (χ1v) is 6.51. The van der Waals surface area contributed by atoms with Crippen molar-refractivity contribution < 1.29 is 4.74 Å². The second kappa shape index (κ2) is 6.21. The van der Waals surface area contributed by atoms with Crippen LogP contribution < -0.4 is 15.8 Å². The van der Waals surface area contributed by atoms with Crippen molar-refractivity contribution in [2.45, 2.75) is 45.7 Å². The van der Waals surface area contributed by atoms with E-state index in [-0.39, 0.29) is 5.54 Å². The van der Waals surface area contributed by atoms with Crippen molar-refractivity contribution >= 4 is 0 Å². The molecule has 0 amide bonds. The van der Waals surface area contributed by atoms with Gasteiger partial charge >= 0.3 is 0 Å². The zero-order valence-corrected chi connectivity index (χ0v) is 12.2. The highest BCUT2D eigenvalue weighted by Crippen LogP contribution is 2.24. The van der Waals surface area contributed by atoms with Gasteiger partial charge in [-0.2, -0.15) is 0 Å². The molecule has 0 aliphatic carbocycles. The van der Waals surface area contributed by atoms with Crippen LogP contribution in [0.2, 0.25) is 0 Å². The van der Waals surface area contributed by atoms with Gasteiger partial charge in [-0.05, 0) is 31.4 Å². The second-order valence-corrected chi connectivity index (χ2v) is 5.67. The number of hydrogen-bond acceptors (Lipinski definition) is 3. The van der Waals surface area contributed by atoms with Gasteiger partial charge in [-0.15, -0.1) is 0 Å². The third-order valence-corrected chi connectivity index (χ3v) is 3.24. The number of rotatable bonds is 6. The van der Waals surface area contributed by atoms with Crippen molar-refractivity contribution in [2.24, 2.45) is 5.73 Å². The van der Waals surface area contributed by atoms with Crippen LogP contribution in [0.25, 0.3) is 0 Å². The molecule has 102 valence electrons. The molecule has 0 fully saturated rings. The summed E-state index contributed by atoms with van der Waals surface area (Å²) in [6.07, 6.45) is 0. The highest BCUT2D eigenvalue weighted by molar-refractivity contribution is 5.38. The van der Waals surface area contributed by atoms with Crippen LogP contribution in [0, 0.1) is 0 Å². The predicted molar refractivity (Wildman–Crippen MR) is 77.1 cm³/mol.